The van der Waals surface area contributed by atoms with Gasteiger partial charge < -0.3 is 10.3 Å². The summed E-state index contributed by atoms with van der Waals surface area (Å²) in [6, 6.07) is 11.4. The number of nitrogens with zero attached hydrogens (tertiary/aromatic N) is 3. The van der Waals surface area contributed by atoms with Gasteiger partial charge in [0, 0.05) is 53.4 Å². The summed E-state index contributed by atoms with van der Waals surface area (Å²) in [5.74, 6) is 0.755. The second-order valence-corrected chi connectivity index (χ2v) is 6.00. The minimum atomic E-state index is 0.0394. The number of Topliss-reactive ketones (excluding diaryl/α,β-unsaturated/α-hetero) is 1. The third-order valence-corrected chi connectivity index (χ3v) is 4.06. The van der Waals surface area contributed by atoms with Gasteiger partial charge in [-0.15, -0.1) is 0 Å². The number of carbonyl (C=O) groups excluding carboxylic acids is 1. The van der Waals surface area contributed by atoms with Crippen molar-refractivity contribution in [2.75, 3.05) is 5.32 Å². The first-order valence-corrected chi connectivity index (χ1v) is 7.94. The topological polar surface area (TPSA) is 75.6 Å². The molecule has 3 aromatic heterocycles. The number of ketones is 1. The van der Waals surface area contributed by atoms with Gasteiger partial charge >= 0.3 is 0 Å². The molecule has 0 radical (unpaired) electrons. The number of benzene rings is 1. The van der Waals surface area contributed by atoms with Crippen molar-refractivity contribution in [2.45, 2.75) is 6.92 Å². The predicted molar refractivity (Wildman–Crippen MR) is 98.0 cm³/mol. The van der Waals surface area contributed by atoms with Crippen LogP contribution in [0, 0.1) is 0 Å². The minimum absolute atomic E-state index is 0.0394. The molecule has 6 nitrogen and oxygen atoms in total. The van der Waals surface area contributed by atoms with Crippen LogP contribution in [0.15, 0.2) is 55.0 Å². The van der Waals surface area contributed by atoms with Gasteiger partial charge in [0.1, 0.15) is 5.82 Å². The Morgan fingerprint density at radius 1 is 1.20 bits per heavy atom. The zero-order chi connectivity index (χ0) is 17.4. The Kier molecular flexibility index (Phi) is 3.57. The second-order valence-electron chi connectivity index (χ2n) is 6.00. The van der Waals surface area contributed by atoms with Gasteiger partial charge in [0.15, 0.2) is 5.78 Å². The molecule has 0 aliphatic carbocycles. The van der Waals surface area contributed by atoms with E-state index >= 15 is 0 Å². The van der Waals surface area contributed by atoms with Crippen LogP contribution in [-0.2, 0) is 7.05 Å². The van der Waals surface area contributed by atoms with E-state index in [-0.39, 0.29) is 5.78 Å². The van der Waals surface area contributed by atoms with Gasteiger partial charge in [-0.1, -0.05) is 12.1 Å². The Morgan fingerprint density at radius 2 is 2.08 bits per heavy atom. The number of nitrogens with one attached hydrogen (secondary N) is 2. The van der Waals surface area contributed by atoms with Gasteiger partial charge in [-0.3, -0.25) is 9.48 Å². The standard InChI is InChI=1S/C19H17N5O/c1-12(25)13-4-3-5-16(6-13)22-19-8-18-14(9-20-19)7-17(23-18)15-10-21-24(2)11-15/h3-11,23H,1-2H3,(H,20,22). The molecule has 0 bridgehead atoms. The van der Waals surface area contributed by atoms with E-state index in [4.69, 9.17) is 0 Å². The summed E-state index contributed by atoms with van der Waals surface area (Å²) in [6.45, 7) is 1.56. The molecule has 4 rings (SSSR count). The lowest BCUT2D eigenvalue weighted by Gasteiger charge is -2.06. The van der Waals surface area contributed by atoms with Gasteiger partial charge in [0.2, 0.25) is 0 Å². The Balaban J connectivity index is 1.65. The van der Waals surface area contributed by atoms with E-state index in [1.807, 2.05) is 49.9 Å². The zero-order valence-electron chi connectivity index (χ0n) is 13.9. The van der Waals surface area contributed by atoms with E-state index in [2.05, 4.69) is 26.4 Å². The maximum Gasteiger partial charge on any atom is 0.159 e. The van der Waals surface area contributed by atoms with E-state index in [1.54, 1.807) is 17.7 Å². The van der Waals surface area contributed by atoms with Crippen molar-refractivity contribution in [1.82, 2.24) is 19.7 Å². The number of pyridine rings is 1. The molecule has 0 saturated carbocycles. The normalized spacial score (nSPS) is 11.0. The van der Waals surface area contributed by atoms with Crippen molar-refractivity contribution in [3.05, 3.63) is 60.6 Å². The van der Waals surface area contributed by atoms with Crippen molar-refractivity contribution in [2.24, 2.45) is 7.05 Å². The number of carbonyl (C=O) groups is 1. The van der Waals surface area contributed by atoms with Gasteiger partial charge in [-0.2, -0.15) is 5.10 Å². The van der Waals surface area contributed by atoms with Crippen LogP contribution < -0.4 is 5.32 Å². The van der Waals surface area contributed by atoms with E-state index < -0.39 is 0 Å². The molecule has 0 aliphatic rings. The number of aromatic amines is 1. The molecule has 1 aromatic carbocycles. The summed E-state index contributed by atoms with van der Waals surface area (Å²) in [5.41, 5.74) is 4.52. The highest BCUT2D eigenvalue weighted by Crippen LogP contribution is 2.25. The van der Waals surface area contributed by atoms with Crippen molar-refractivity contribution in [3.8, 4) is 11.3 Å². The maximum absolute atomic E-state index is 11.5. The number of H-pyrrole nitrogens is 1. The average molecular weight is 331 g/mol. The van der Waals surface area contributed by atoms with Crippen LogP contribution in [0.2, 0.25) is 0 Å². The fraction of sp³-hybridized carbons (Fsp3) is 0.105. The van der Waals surface area contributed by atoms with E-state index in [0.717, 1.165) is 27.8 Å². The molecule has 0 fully saturated rings. The number of hydrogen-bond acceptors (Lipinski definition) is 4. The summed E-state index contributed by atoms with van der Waals surface area (Å²) in [5, 5.41) is 8.47. The third-order valence-electron chi connectivity index (χ3n) is 4.06. The summed E-state index contributed by atoms with van der Waals surface area (Å²) in [6.07, 6.45) is 5.61. The minimum Gasteiger partial charge on any atom is -0.354 e. The predicted octanol–water partition coefficient (Wildman–Crippen LogP) is 3.91. The Hall–Kier alpha value is -3.41. The Labute approximate surface area is 144 Å². The number of aryl methyl sites for hydroxylation is 1. The van der Waals surface area contributed by atoms with Crippen LogP contribution in [0.5, 0.6) is 0 Å². The number of rotatable bonds is 4. The molecule has 25 heavy (non-hydrogen) atoms. The van der Waals surface area contributed by atoms with Crippen molar-refractivity contribution in [3.63, 3.8) is 0 Å². The number of fused-ring (bicyclic) bond motifs is 1. The highest BCUT2D eigenvalue weighted by Gasteiger charge is 2.07. The Morgan fingerprint density at radius 3 is 2.84 bits per heavy atom. The van der Waals surface area contributed by atoms with Gasteiger partial charge in [0.25, 0.3) is 0 Å². The second kappa shape index (κ2) is 5.90. The third kappa shape index (κ3) is 3.01. The SMILES string of the molecule is CC(=O)c1cccc(Nc2cc3[nH]c(-c4cnn(C)c4)cc3cn2)c1. The van der Waals surface area contributed by atoms with Crippen LogP contribution in [0.4, 0.5) is 11.5 Å². The Bertz CT molecular complexity index is 1080. The fourth-order valence-corrected chi connectivity index (χ4v) is 2.77. The van der Waals surface area contributed by atoms with Crippen LogP contribution in [-0.4, -0.2) is 25.5 Å². The molecule has 124 valence electrons. The molecule has 0 saturated heterocycles. The molecule has 0 spiro atoms. The lowest BCUT2D eigenvalue weighted by atomic mass is 10.1. The van der Waals surface area contributed by atoms with E-state index in [9.17, 15) is 4.79 Å². The molecule has 2 N–H and O–H groups in total. The molecule has 0 unspecified atom stereocenters. The molecular formula is C19H17N5O. The number of aromatic nitrogens is 4. The van der Waals surface area contributed by atoms with Crippen molar-refractivity contribution < 1.29 is 4.79 Å². The van der Waals surface area contributed by atoms with Crippen molar-refractivity contribution in [1.29, 1.82) is 0 Å². The van der Waals surface area contributed by atoms with Crippen LogP contribution >= 0.6 is 0 Å². The quantitative estimate of drug-likeness (QED) is 0.556. The summed E-state index contributed by atoms with van der Waals surface area (Å²) in [4.78, 5) is 19.4. The average Bonchev–Trinajstić information content (AvgIpc) is 3.20. The molecular weight excluding hydrogens is 314 g/mol. The highest BCUT2D eigenvalue weighted by atomic mass is 16.1. The molecule has 0 atom stereocenters. The molecule has 0 aliphatic heterocycles. The lowest BCUT2D eigenvalue weighted by Crippen LogP contribution is -1.96. The van der Waals surface area contributed by atoms with E-state index in [0.29, 0.717) is 11.4 Å². The van der Waals surface area contributed by atoms with E-state index in [1.165, 1.54) is 0 Å². The molecule has 6 heteroatoms. The highest BCUT2D eigenvalue weighted by molar-refractivity contribution is 5.95. The first kappa shape index (κ1) is 15.1. The maximum atomic E-state index is 11.5. The first-order chi connectivity index (χ1) is 12.1. The van der Waals surface area contributed by atoms with Crippen molar-refractivity contribution >= 4 is 28.2 Å². The summed E-state index contributed by atoms with van der Waals surface area (Å²) >= 11 is 0. The van der Waals surface area contributed by atoms with Gasteiger partial charge in [-0.05, 0) is 25.1 Å². The fourth-order valence-electron chi connectivity index (χ4n) is 2.77. The lowest BCUT2D eigenvalue weighted by molar-refractivity contribution is 0.101. The monoisotopic (exact) mass is 331 g/mol. The van der Waals surface area contributed by atoms with Gasteiger partial charge in [0.05, 0.1) is 11.7 Å². The smallest absolute Gasteiger partial charge is 0.159 e. The van der Waals surface area contributed by atoms with Crippen LogP contribution in [0.25, 0.3) is 22.2 Å². The number of anilines is 2. The first-order valence-electron chi connectivity index (χ1n) is 7.94. The van der Waals surface area contributed by atoms with Crippen LogP contribution in [0.3, 0.4) is 0 Å². The zero-order valence-corrected chi connectivity index (χ0v) is 13.9. The van der Waals surface area contributed by atoms with Gasteiger partial charge in [-0.25, -0.2) is 4.98 Å². The molecule has 3 heterocycles. The van der Waals surface area contributed by atoms with Crippen LogP contribution in [0.1, 0.15) is 17.3 Å². The summed E-state index contributed by atoms with van der Waals surface area (Å²) in [7, 11) is 1.89. The largest absolute Gasteiger partial charge is 0.354 e. The molecule has 4 aromatic rings. The summed E-state index contributed by atoms with van der Waals surface area (Å²) < 4.78 is 1.77. The number of hydrogen-bond donors (Lipinski definition) is 2. The molecule has 0 amide bonds.